The van der Waals surface area contributed by atoms with Gasteiger partial charge in [-0.15, -0.1) is 5.10 Å². The van der Waals surface area contributed by atoms with Gasteiger partial charge in [0.15, 0.2) is 11.5 Å². The summed E-state index contributed by atoms with van der Waals surface area (Å²) in [7, 11) is 0. The molecule has 29 heavy (non-hydrogen) atoms. The third-order valence-electron chi connectivity index (χ3n) is 5.74. The van der Waals surface area contributed by atoms with Crippen molar-refractivity contribution in [3.8, 4) is 11.5 Å². The van der Waals surface area contributed by atoms with E-state index in [4.69, 9.17) is 9.47 Å². The van der Waals surface area contributed by atoms with Crippen LogP contribution in [-0.2, 0) is 19.6 Å². The highest BCUT2D eigenvalue weighted by Crippen LogP contribution is 2.32. The van der Waals surface area contributed by atoms with Crippen LogP contribution in [0.25, 0.3) is 0 Å². The van der Waals surface area contributed by atoms with E-state index in [1.165, 1.54) is 18.7 Å². The zero-order chi connectivity index (χ0) is 19.5. The second-order valence-corrected chi connectivity index (χ2v) is 7.78. The molecule has 0 amide bonds. The first kappa shape index (κ1) is 18.1. The molecule has 0 bridgehead atoms. The lowest BCUT2D eigenvalue weighted by Gasteiger charge is -2.29. The Labute approximate surface area is 169 Å². The van der Waals surface area contributed by atoms with Crippen molar-refractivity contribution >= 4 is 0 Å². The summed E-state index contributed by atoms with van der Waals surface area (Å²) in [4.78, 5) is 3.20. The number of nitrogens with zero attached hydrogens (tertiary/aromatic N) is 4. The zero-order valence-electron chi connectivity index (χ0n) is 16.4. The smallest absolute Gasteiger partial charge is 0.231 e. The predicted molar refractivity (Wildman–Crippen MR) is 105 cm³/mol. The van der Waals surface area contributed by atoms with Crippen LogP contribution in [-0.4, -0.2) is 53.2 Å². The fourth-order valence-corrected chi connectivity index (χ4v) is 4.10. The maximum atomic E-state index is 5.47. The van der Waals surface area contributed by atoms with Gasteiger partial charge in [-0.05, 0) is 28.1 Å². The lowest BCUT2D eigenvalue weighted by Crippen LogP contribution is -3.27. The molecule has 1 saturated heterocycles. The van der Waals surface area contributed by atoms with Crippen molar-refractivity contribution in [2.75, 3.05) is 33.0 Å². The van der Waals surface area contributed by atoms with Crippen LogP contribution in [0.2, 0.25) is 0 Å². The molecule has 0 aliphatic carbocycles. The summed E-state index contributed by atoms with van der Waals surface area (Å²) in [6.07, 6.45) is 0. The molecule has 150 valence electrons. The molecule has 8 heteroatoms. The number of fused-ring (bicyclic) bond motifs is 1. The Morgan fingerprint density at radius 1 is 0.828 bits per heavy atom. The summed E-state index contributed by atoms with van der Waals surface area (Å²) < 4.78 is 12.8. The lowest BCUT2D eigenvalue weighted by atomic mass is 10.2. The highest BCUT2D eigenvalue weighted by Gasteiger charge is 2.25. The Balaban J connectivity index is 1.17. The average Bonchev–Trinajstić information content (AvgIpc) is 3.39. The quantitative estimate of drug-likeness (QED) is 0.558. The van der Waals surface area contributed by atoms with E-state index in [-0.39, 0.29) is 6.79 Å². The average molecular weight is 394 g/mol. The fourth-order valence-electron chi connectivity index (χ4n) is 4.10. The molecular formula is C21H26N6O2+2. The summed E-state index contributed by atoms with van der Waals surface area (Å²) in [5.74, 6) is 2.52. The van der Waals surface area contributed by atoms with Crippen molar-refractivity contribution in [1.82, 2.24) is 20.2 Å². The van der Waals surface area contributed by atoms with E-state index in [1.54, 1.807) is 9.80 Å². The molecule has 0 spiro atoms. The first-order valence-corrected chi connectivity index (χ1v) is 10.2. The SMILES string of the molecule is c1ccc(C[NH+]2CC[NH+](Cc3nnnn3Cc3ccc4c(c3)OCO4)CC2)cc1. The molecule has 3 aromatic rings. The van der Waals surface area contributed by atoms with Gasteiger partial charge in [0.2, 0.25) is 12.6 Å². The van der Waals surface area contributed by atoms with E-state index in [0.717, 1.165) is 49.1 Å². The Morgan fingerprint density at radius 3 is 2.41 bits per heavy atom. The van der Waals surface area contributed by atoms with Gasteiger partial charge < -0.3 is 19.3 Å². The van der Waals surface area contributed by atoms with Gasteiger partial charge in [-0.2, -0.15) is 0 Å². The van der Waals surface area contributed by atoms with E-state index in [9.17, 15) is 0 Å². The second kappa shape index (κ2) is 8.18. The molecule has 5 rings (SSSR count). The summed E-state index contributed by atoms with van der Waals surface area (Å²) in [5, 5.41) is 12.4. The molecule has 0 unspecified atom stereocenters. The van der Waals surface area contributed by atoms with Gasteiger partial charge in [-0.3, -0.25) is 0 Å². The van der Waals surface area contributed by atoms with Crippen molar-refractivity contribution in [3.05, 3.63) is 65.5 Å². The van der Waals surface area contributed by atoms with Crippen LogP contribution in [0.4, 0.5) is 0 Å². The van der Waals surface area contributed by atoms with Crippen LogP contribution < -0.4 is 19.3 Å². The van der Waals surface area contributed by atoms with Crippen molar-refractivity contribution < 1.29 is 19.3 Å². The predicted octanol–water partition coefficient (Wildman–Crippen LogP) is -1.07. The number of nitrogens with one attached hydrogen (secondary N) is 2. The molecule has 1 aromatic heterocycles. The maximum Gasteiger partial charge on any atom is 0.231 e. The van der Waals surface area contributed by atoms with Crippen LogP contribution in [0.1, 0.15) is 17.0 Å². The number of aromatic nitrogens is 4. The van der Waals surface area contributed by atoms with Gasteiger partial charge in [0.25, 0.3) is 0 Å². The largest absolute Gasteiger partial charge is 0.454 e. The van der Waals surface area contributed by atoms with Gasteiger partial charge in [0.1, 0.15) is 39.3 Å². The fraction of sp³-hybridized carbons (Fsp3) is 0.381. The first-order valence-electron chi connectivity index (χ1n) is 10.2. The highest BCUT2D eigenvalue weighted by molar-refractivity contribution is 5.44. The summed E-state index contributed by atoms with van der Waals surface area (Å²) in [6.45, 7) is 7.51. The second-order valence-electron chi connectivity index (χ2n) is 7.78. The Bertz CT molecular complexity index is 953. The normalized spacial score (nSPS) is 20.7. The summed E-state index contributed by atoms with van der Waals surface area (Å²) in [6, 6.07) is 16.7. The van der Waals surface area contributed by atoms with E-state index in [0.29, 0.717) is 6.54 Å². The number of hydrogen-bond donors (Lipinski definition) is 2. The minimum atomic E-state index is 0.288. The molecule has 2 N–H and O–H groups in total. The number of benzene rings is 2. The summed E-state index contributed by atoms with van der Waals surface area (Å²) in [5.41, 5.74) is 2.52. The molecule has 1 fully saturated rings. The van der Waals surface area contributed by atoms with Gasteiger partial charge in [0.05, 0.1) is 6.54 Å². The Morgan fingerprint density at radius 2 is 1.59 bits per heavy atom. The Hall–Kier alpha value is -2.97. The number of hydrogen-bond acceptors (Lipinski definition) is 5. The molecular weight excluding hydrogens is 368 g/mol. The third kappa shape index (κ3) is 4.23. The maximum absolute atomic E-state index is 5.47. The van der Waals surface area contributed by atoms with E-state index >= 15 is 0 Å². The highest BCUT2D eigenvalue weighted by atomic mass is 16.7. The van der Waals surface area contributed by atoms with Crippen molar-refractivity contribution in [1.29, 1.82) is 0 Å². The molecule has 0 saturated carbocycles. The number of ether oxygens (including phenoxy) is 2. The molecule has 2 aliphatic heterocycles. The zero-order valence-corrected chi connectivity index (χ0v) is 16.4. The minimum absolute atomic E-state index is 0.288. The number of piperazine rings is 1. The Kier molecular flexibility index (Phi) is 5.10. The van der Waals surface area contributed by atoms with Crippen LogP contribution in [0.3, 0.4) is 0 Å². The minimum Gasteiger partial charge on any atom is -0.454 e. The molecule has 3 heterocycles. The van der Waals surface area contributed by atoms with Gasteiger partial charge in [0, 0.05) is 5.56 Å². The van der Waals surface area contributed by atoms with Gasteiger partial charge >= 0.3 is 0 Å². The van der Waals surface area contributed by atoms with Crippen LogP contribution in [0.5, 0.6) is 11.5 Å². The van der Waals surface area contributed by atoms with Crippen LogP contribution in [0, 0.1) is 0 Å². The molecule has 8 nitrogen and oxygen atoms in total. The van der Waals surface area contributed by atoms with E-state index in [1.807, 2.05) is 22.9 Å². The number of quaternary nitrogens is 2. The topological polar surface area (TPSA) is 70.9 Å². The lowest BCUT2D eigenvalue weighted by molar-refractivity contribution is -1.02. The molecule has 0 radical (unpaired) electrons. The van der Waals surface area contributed by atoms with E-state index in [2.05, 4.69) is 45.9 Å². The molecule has 2 aromatic carbocycles. The number of rotatable bonds is 6. The van der Waals surface area contributed by atoms with Gasteiger partial charge in [-0.1, -0.05) is 36.4 Å². The molecule has 0 atom stereocenters. The standard InChI is InChI=1S/C21H24N6O2/c1-2-4-17(5-3-1)13-25-8-10-26(11-9-25)15-21-22-23-24-27(21)14-18-6-7-19-20(12-18)29-16-28-19/h1-7,12H,8-11,13-16H2/p+2. The summed E-state index contributed by atoms with van der Waals surface area (Å²) >= 11 is 0. The van der Waals surface area contributed by atoms with Gasteiger partial charge in [-0.25, -0.2) is 4.68 Å². The monoisotopic (exact) mass is 394 g/mol. The van der Waals surface area contributed by atoms with Crippen LogP contribution >= 0.6 is 0 Å². The number of tetrazole rings is 1. The third-order valence-corrected chi connectivity index (χ3v) is 5.74. The van der Waals surface area contributed by atoms with Crippen molar-refractivity contribution in [3.63, 3.8) is 0 Å². The van der Waals surface area contributed by atoms with Crippen molar-refractivity contribution in [2.24, 2.45) is 0 Å². The molecule has 2 aliphatic rings. The van der Waals surface area contributed by atoms with Crippen LogP contribution in [0.15, 0.2) is 48.5 Å². The van der Waals surface area contributed by atoms with E-state index < -0.39 is 0 Å². The van der Waals surface area contributed by atoms with Crippen molar-refractivity contribution in [2.45, 2.75) is 19.6 Å². The first-order chi connectivity index (χ1) is 14.3.